The van der Waals surface area contributed by atoms with Crippen molar-refractivity contribution < 1.29 is 19.4 Å². The summed E-state index contributed by atoms with van der Waals surface area (Å²) in [6.45, 7) is 4.49. The van der Waals surface area contributed by atoms with Crippen LogP contribution in [0, 0.1) is 23.2 Å². The average molecular weight is 585 g/mol. The molecule has 7 heteroatoms. The van der Waals surface area contributed by atoms with E-state index in [1.165, 1.54) is 16.7 Å². The van der Waals surface area contributed by atoms with Gasteiger partial charge in [-0.05, 0) is 79.0 Å². The summed E-state index contributed by atoms with van der Waals surface area (Å²) < 4.78 is 11.9. The van der Waals surface area contributed by atoms with E-state index < -0.39 is 5.60 Å². The fourth-order valence-corrected chi connectivity index (χ4v) is 6.56. The molecule has 218 valence electrons. The van der Waals surface area contributed by atoms with Gasteiger partial charge in [0.25, 0.3) is 0 Å². The van der Waals surface area contributed by atoms with E-state index in [1.54, 1.807) is 20.1 Å². The molecule has 5 atom stereocenters. The number of fused-ring (bicyclic) bond motifs is 4. The topological polar surface area (TPSA) is 55.8 Å². The van der Waals surface area contributed by atoms with Crippen LogP contribution in [0.2, 0.25) is 0 Å². The standard InChI is InChI=1S/C27H30O4.4CH4.3H2S/c1-4-12-27(29)13-11-23-25-24(21-10-7-19(28)14-18(21)16-31-25)22(15-26(23,27)2)17-5-8-20(30-3)9-6-17;;;;;;;/h5-6,8-9,14,22-23,25,29H,7,10-11,13,15-16H2,1-3H3;4*1H4;3*1H2/t22?,23-,25-,26-,27-;;;;;;;/m0......./s1. The number of methoxy groups -OCH3 is 1. The lowest BCUT2D eigenvalue weighted by atomic mass is 9.55. The van der Waals surface area contributed by atoms with Gasteiger partial charge in [-0.25, -0.2) is 0 Å². The quantitative estimate of drug-likeness (QED) is 0.373. The molecule has 4 nitrogen and oxygen atoms in total. The van der Waals surface area contributed by atoms with Crippen molar-refractivity contribution in [2.24, 2.45) is 11.3 Å². The van der Waals surface area contributed by atoms with E-state index in [0.717, 1.165) is 30.6 Å². The summed E-state index contributed by atoms with van der Waals surface area (Å²) >= 11 is 0. The Hall–Kier alpha value is -1.30. The molecule has 0 aromatic heterocycles. The molecule has 1 aromatic rings. The Balaban J connectivity index is -0.00000175. The van der Waals surface area contributed by atoms with Crippen molar-refractivity contribution in [1.82, 2.24) is 0 Å². The second-order valence-corrected chi connectivity index (χ2v) is 9.63. The summed E-state index contributed by atoms with van der Waals surface area (Å²) in [5.41, 5.74) is 3.53. The number of carbonyl (C=O) groups excluding carboxylic acids is 1. The number of allylic oxidation sites excluding steroid dienone is 1. The molecule has 2 saturated carbocycles. The van der Waals surface area contributed by atoms with Crippen LogP contribution in [0.3, 0.4) is 0 Å². The highest BCUT2D eigenvalue weighted by molar-refractivity contribution is 7.59. The van der Waals surface area contributed by atoms with Crippen LogP contribution in [0.25, 0.3) is 0 Å². The minimum Gasteiger partial charge on any atom is -0.497 e. The molecule has 1 N–H and O–H groups in total. The summed E-state index contributed by atoms with van der Waals surface area (Å²) in [4.78, 5) is 12.1. The highest BCUT2D eigenvalue weighted by Crippen LogP contribution is 2.64. The van der Waals surface area contributed by atoms with Gasteiger partial charge < -0.3 is 14.6 Å². The van der Waals surface area contributed by atoms with Crippen LogP contribution < -0.4 is 4.74 Å². The number of aliphatic hydroxyl groups is 1. The lowest BCUT2D eigenvalue weighted by Gasteiger charge is -2.53. The van der Waals surface area contributed by atoms with E-state index in [9.17, 15) is 9.90 Å². The van der Waals surface area contributed by atoms with E-state index in [4.69, 9.17) is 9.47 Å². The maximum atomic E-state index is 12.1. The Morgan fingerprint density at radius 1 is 1.05 bits per heavy atom. The first-order valence-corrected chi connectivity index (χ1v) is 11.3. The highest BCUT2D eigenvalue weighted by Gasteiger charge is 2.63. The van der Waals surface area contributed by atoms with Gasteiger partial charge in [0.15, 0.2) is 5.78 Å². The van der Waals surface area contributed by atoms with Crippen LogP contribution in [0.4, 0.5) is 0 Å². The Morgan fingerprint density at radius 3 is 2.26 bits per heavy atom. The van der Waals surface area contributed by atoms with Crippen LogP contribution in [-0.4, -0.2) is 36.3 Å². The van der Waals surface area contributed by atoms with Gasteiger partial charge in [-0.2, -0.15) is 40.5 Å². The summed E-state index contributed by atoms with van der Waals surface area (Å²) in [5.74, 6) is 7.51. The number of hydrogen-bond donors (Lipinski definition) is 1. The summed E-state index contributed by atoms with van der Waals surface area (Å²) in [7, 11) is 1.68. The van der Waals surface area contributed by atoms with Crippen LogP contribution in [-0.2, 0) is 9.53 Å². The SMILES string of the molecule is C.C.C.C.CC#C[C@]1(O)CC[C@H]2[C@@H]3OCC4=CC(=O)CCC4=C3C(c3ccc(OC)cc3)C[C@@]21C.S.S.S. The number of ketones is 1. The minimum atomic E-state index is -1.00. The molecule has 0 spiro atoms. The van der Waals surface area contributed by atoms with Gasteiger partial charge in [0.2, 0.25) is 0 Å². The fourth-order valence-electron chi connectivity index (χ4n) is 6.56. The van der Waals surface area contributed by atoms with Crippen molar-refractivity contribution in [2.75, 3.05) is 13.7 Å². The third-order valence-corrected chi connectivity index (χ3v) is 8.22. The van der Waals surface area contributed by atoms with Crippen LogP contribution >= 0.6 is 40.5 Å². The summed E-state index contributed by atoms with van der Waals surface area (Å²) in [5, 5.41) is 11.6. The van der Waals surface area contributed by atoms with E-state index >= 15 is 0 Å². The Labute approximate surface area is 253 Å². The zero-order valence-electron chi connectivity index (χ0n) is 20.0. The van der Waals surface area contributed by atoms with Crippen molar-refractivity contribution in [3.8, 4) is 17.6 Å². The second kappa shape index (κ2) is 15.5. The fraction of sp³-hybridized carbons (Fsp3) is 0.581. The molecule has 0 radical (unpaired) electrons. The Kier molecular flexibility index (Phi) is 16.8. The first kappa shape index (κ1) is 41.2. The molecule has 5 rings (SSSR count). The Morgan fingerprint density at radius 2 is 1.68 bits per heavy atom. The van der Waals surface area contributed by atoms with Crippen molar-refractivity contribution in [1.29, 1.82) is 0 Å². The number of carbonyl (C=O) groups is 1. The molecule has 38 heavy (non-hydrogen) atoms. The number of benzene rings is 1. The van der Waals surface area contributed by atoms with Crippen molar-refractivity contribution in [3.63, 3.8) is 0 Å². The maximum absolute atomic E-state index is 12.1. The number of hydrogen-bond acceptors (Lipinski definition) is 4. The number of ether oxygens (including phenoxy) is 2. The summed E-state index contributed by atoms with van der Waals surface area (Å²) in [6.07, 6.45) is 5.49. The van der Waals surface area contributed by atoms with E-state index in [-0.39, 0.29) is 99.3 Å². The third-order valence-electron chi connectivity index (χ3n) is 8.22. The molecule has 2 fully saturated rings. The molecule has 0 bridgehead atoms. The lowest BCUT2D eigenvalue weighted by molar-refractivity contribution is -0.115. The van der Waals surface area contributed by atoms with Gasteiger partial charge in [-0.15, -0.1) is 5.92 Å². The van der Waals surface area contributed by atoms with E-state index in [1.807, 2.05) is 12.1 Å². The van der Waals surface area contributed by atoms with Gasteiger partial charge in [0.1, 0.15) is 11.4 Å². The molecule has 1 aromatic carbocycles. The smallest absolute Gasteiger partial charge is 0.156 e. The molecule has 1 heterocycles. The van der Waals surface area contributed by atoms with E-state index in [0.29, 0.717) is 19.4 Å². The predicted octanol–water partition coefficient (Wildman–Crippen LogP) is 7.22. The Bertz CT molecular complexity index is 1050. The first-order valence-electron chi connectivity index (χ1n) is 11.3. The molecular weight excluding hydrogens is 533 g/mol. The third kappa shape index (κ3) is 6.36. The molecular formula is C31H52O4S3. The lowest BCUT2D eigenvalue weighted by Crippen LogP contribution is -2.53. The van der Waals surface area contributed by atoms with Gasteiger partial charge in [0.05, 0.1) is 19.8 Å². The van der Waals surface area contributed by atoms with Gasteiger partial charge in [0, 0.05) is 17.8 Å². The van der Waals surface area contributed by atoms with E-state index in [2.05, 4.69) is 30.9 Å². The molecule has 4 aliphatic rings. The summed E-state index contributed by atoms with van der Waals surface area (Å²) in [6, 6.07) is 8.26. The van der Waals surface area contributed by atoms with Crippen molar-refractivity contribution >= 4 is 46.3 Å². The van der Waals surface area contributed by atoms with Crippen LogP contribution in [0.15, 0.2) is 47.1 Å². The van der Waals surface area contributed by atoms with Crippen molar-refractivity contribution in [3.05, 3.63) is 52.6 Å². The number of rotatable bonds is 2. The maximum Gasteiger partial charge on any atom is 0.156 e. The van der Waals surface area contributed by atoms with Gasteiger partial charge in [-0.1, -0.05) is 54.7 Å². The predicted molar refractivity (Wildman–Crippen MR) is 177 cm³/mol. The molecule has 1 aliphatic heterocycles. The molecule has 3 aliphatic carbocycles. The van der Waals surface area contributed by atoms with Gasteiger partial charge >= 0.3 is 0 Å². The minimum absolute atomic E-state index is 0. The molecule has 0 saturated heterocycles. The van der Waals surface area contributed by atoms with Gasteiger partial charge in [-0.3, -0.25) is 4.79 Å². The molecule has 0 amide bonds. The monoisotopic (exact) mass is 584 g/mol. The van der Waals surface area contributed by atoms with Crippen LogP contribution in [0.5, 0.6) is 5.75 Å². The average Bonchev–Trinajstić information content (AvgIpc) is 3.03. The van der Waals surface area contributed by atoms with Crippen LogP contribution in [0.1, 0.15) is 87.1 Å². The van der Waals surface area contributed by atoms with Crippen molar-refractivity contribution in [2.45, 2.75) is 93.3 Å². The second-order valence-electron chi connectivity index (χ2n) is 9.63. The first-order chi connectivity index (χ1) is 14.9. The highest BCUT2D eigenvalue weighted by atomic mass is 32.1. The zero-order chi connectivity index (χ0) is 21.8. The normalized spacial score (nSPS) is 29.8. The zero-order valence-corrected chi connectivity index (χ0v) is 23.0. The molecule has 1 unspecified atom stereocenters. The largest absolute Gasteiger partial charge is 0.497 e.